The monoisotopic (exact) mass is 299 g/mol. The number of rotatable bonds is 7. The van der Waals surface area contributed by atoms with Crippen LogP contribution < -0.4 is 5.32 Å². The lowest BCUT2D eigenvalue weighted by molar-refractivity contribution is -0.148. The highest BCUT2D eigenvalue weighted by atomic mass is 16.5. The minimum atomic E-state index is -0.716. The molecule has 1 rings (SSSR count). The standard InChI is InChI=1S/C17H33NO3/c1-6-14-10-8-9-13(5)17(14,20)11-18-15(12(3)4)16(19)21-7-2/h12-15,18,20H,6-11H2,1-5H3/t13-,14?,15-,17-/m0/s1. The van der Waals surface area contributed by atoms with Crippen molar-refractivity contribution in [3.63, 3.8) is 0 Å². The zero-order valence-corrected chi connectivity index (χ0v) is 14.3. The fraction of sp³-hybridized carbons (Fsp3) is 0.941. The number of hydrogen-bond acceptors (Lipinski definition) is 4. The van der Waals surface area contributed by atoms with Crippen molar-refractivity contribution >= 4 is 5.97 Å². The van der Waals surface area contributed by atoms with Crippen molar-refractivity contribution in [3.8, 4) is 0 Å². The molecule has 0 saturated heterocycles. The molecule has 21 heavy (non-hydrogen) atoms. The average molecular weight is 299 g/mol. The van der Waals surface area contributed by atoms with Crippen molar-refractivity contribution < 1.29 is 14.6 Å². The first-order chi connectivity index (χ1) is 9.86. The van der Waals surface area contributed by atoms with Gasteiger partial charge in [-0.1, -0.05) is 40.5 Å². The highest BCUT2D eigenvalue weighted by Gasteiger charge is 2.43. The van der Waals surface area contributed by atoms with Crippen LogP contribution in [0.5, 0.6) is 0 Å². The van der Waals surface area contributed by atoms with Gasteiger partial charge in [-0.05, 0) is 37.5 Å². The molecule has 1 aliphatic carbocycles. The molecule has 0 heterocycles. The van der Waals surface area contributed by atoms with Crippen molar-refractivity contribution in [2.45, 2.75) is 71.9 Å². The number of ether oxygens (including phenoxy) is 1. The van der Waals surface area contributed by atoms with E-state index in [1.165, 1.54) is 6.42 Å². The molecule has 2 N–H and O–H groups in total. The van der Waals surface area contributed by atoms with Gasteiger partial charge in [-0.2, -0.15) is 0 Å². The summed E-state index contributed by atoms with van der Waals surface area (Å²) in [5.41, 5.74) is -0.716. The van der Waals surface area contributed by atoms with Crippen LogP contribution >= 0.6 is 0 Å². The highest BCUT2D eigenvalue weighted by Crippen LogP contribution is 2.39. The molecule has 0 radical (unpaired) electrons. The minimum absolute atomic E-state index is 0.145. The van der Waals surface area contributed by atoms with E-state index in [0.29, 0.717) is 19.1 Å². The molecule has 1 aliphatic rings. The first kappa shape index (κ1) is 18.4. The van der Waals surface area contributed by atoms with E-state index in [-0.39, 0.29) is 23.8 Å². The van der Waals surface area contributed by atoms with Gasteiger partial charge < -0.3 is 15.2 Å². The van der Waals surface area contributed by atoms with Crippen LogP contribution in [0.2, 0.25) is 0 Å². The van der Waals surface area contributed by atoms with Crippen LogP contribution in [0.15, 0.2) is 0 Å². The number of hydrogen-bond donors (Lipinski definition) is 2. The number of aliphatic hydroxyl groups is 1. The Morgan fingerprint density at radius 3 is 2.57 bits per heavy atom. The van der Waals surface area contributed by atoms with Crippen LogP contribution in [-0.4, -0.2) is 35.9 Å². The van der Waals surface area contributed by atoms with E-state index in [1.807, 2.05) is 20.8 Å². The van der Waals surface area contributed by atoms with Crippen molar-refractivity contribution in [2.24, 2.45) is 17.8 Å². The Hall–Kier alpha value is -0.610. The number of esters is 1. The first-order valence-electron chi connectivity index (χ1n) is 8.49. The van der Waals surface area contributed by atoms with Crippen molar-refractivity contribution in [2.75, 3.05) is 13.2 Å². The molecule has 0 aromatic heterocycles. The predicted octanol–water partition coefficient (Wildman–Crippen LogP) is 2.74. The summed E-state index contributed by atoms with van der Waals surface area (Å²) in [4.78, 5) is 12.0. The third-order valence-electron chi connectivity index (χ3n) is 5.06. The molecule has 1 fully saturated rings. The van der Waals surface area contributed by atoms with Gasteiger partial charge in [0.15, 0.2) is 0 Å². The molecule has 1 saturated carbocycles. The van der Waals surface area contributed by atoms with E-state index in [2.05, 4.69) is 19.2 Å². The third kappa shape index (κ3) is 4.43. The molecule has 0 aliphatic heterocycles. The highest BCUT2D eigenvalue weighted by molar-refractivity contribution is 5.76. The fourth-order valence-corrected chi connectivity index (χ4v) is 3.55. The lowest BCUT2D eigenvalue weighted by Crippen LogP contribution is -2.57. The lowest BCUT2D eigenvalue weighted by Gasteiger charge is -2.45. The summed E-state index contributed by atoms with van der Waals surface area (Å²) in [6, 6.07) is -0.347. The Bertz CT molecular complexity index is 332. The van der Waals surface area contributed by atoms with Crippen molar-refractivity contribution in [3.05, 3.63) is 0 Å². The van der Waals surface area contributed by atoms with Gasteiger partial charge in [-0.25, -0.2) is 0 Å². The maximum atomic E-state index is 12.0. The molecule has 4 nitrogen and oxygen atoms in total. The second-order valence-corrected chi connectivity index (χ2v) is 6.78. The molecule has 124 valence electrons. The molecular weight excluding hydrogens is 266 g/mol. The predicted molar refractivity (Wildman–Crippen MR) is 85.0 cm³/mol. The van der Waals surface area contributed by atoms with Crippen LogP contribution in [0.3, 0.4) is 0 Å². The summed E-state index contributed by atoms with van der Waals surface area (Å²) in [5.74, 6) is 0.502. The number of nitrogens with one attached hydrogen (secondary N) is 1. The van der Waals surface area contributed by atoms with E-state index >= 15 is 0 Å². The summed E-state index contributed by atoms with van der Waals surface area (Å²) in [6.07, 6.45) is 4.30. The summed E-state index contributed by atoms with van der Waals surface area (Å²) in [7, 11) is 0. The van der Waals surface area contributed by atoms with Gasteiger partial charge in [0.05, 0.1) is 12.2 Å². The van der Waals surface area contributed by atoms with Gasteiger partial charge >= 0.3 is 5.97 Å². The van der Waals surface area contributed by atoms with Gasteiger partial charge in [0.1, 0.15) is 6.04 Å². The third-order valence-corrected chi connectivity index (χ3v) is 5.06. The molecule has 0 amide bonds. The van der Waals surface area contributed by atoms with E-state index in [0.717, 1.165) is 19.3 Å². The smallest absolute Gasteiger partial charge is 0.323 e. The van der Waals surface area contributed by atoms with Gasteiger partial charge in [0.2, 0.25) is 0 Å². The van der Waals surface area contributed by atoms with Crippen LogP contribution in [0, 0.1) is 17.8 Å². The van der Waals surface area contributed by atoms with E-state index in [4.69, 9.17) is 4.74 Å². The molecule has 4 heteroatoms. The van der Waals surface area contributed by atoms with Crippen molar-refractivity contribution in [1.82, 2.24) is 5.32 Å². The summed E-state index contributed by atoms with van der Waals surface area (Å²) in [6.45, 7) is 10.9. The van der Waals surface area contributed by atoms with Crippen LogP contribution in [0.1, 0.15) is 60.3 Å². The second-order valence-electron chi connectivity index (χ2n) is 6.78. The SMILES string of the molecule is CCOC(=O)[C@@H](NC[C@@]1(O)C(CC)CCC[C@@H]1C)C(C)C. The molecule has 1 unspecified atom stereocenters. The van der Waals surface area contributed by atoms with Crippen LogP contribution in [0.4, 0.5) is 0 Å². The molecule has 0 spiro atoms. The summed E-state index contributed by atoms with van der Waals surface area (Å²) >= 11 is 0. The topological polar surface area (TPSA) is 58.6 Å². The first-order valence-corrected chi connectivity index (χ1v) is 8.49. The molecule has 0 aromatic rings. The van der Waals surface area contributed by atoms with Crippen molar-refractivity contribution in [1.29, 1.82) is 0 Å². The van der Waals surface area contributed by atoms with Gasteiger partial charge in [-0.15, -0.1) is 0 Å². The zero-order valence-electron chi connectivity index (χ0n) is 14.3. The van der Waals surface area contributed by atoms with E-state index in [1.54, 1.807) is 0 Å². The fourth-order valence-electron chi connectivity index (χ4n) is 3.55. The second kappa shape index (κ2) is 8.14. The zero-order chi connectivity index (χ0) is 16.0. The van der Waals surface area contributed by atoms with Crippen LogP contribution in [-0.2, 0) is 9.53 Å². The molecular formula is C17H33NO3. The Balaban J connectivity index is 2.74. The summed E-state index contributed by atoms with van der Waals surface area (Å²) in [5, 5.41) is 14.4. The van der Waals surface area contributed by atoms with Gasteiger partial charge in [-0.3, -0.25) is 4.79 Å². The maximum Gasteiger partial charge on any atom is 0.323 e. The minimum Gasteiger partial charge on any atom is -0.465 e. The molecule has 0 aromatic carbocycles. The Kier molecular flexibility index (Phi) is 7.14. The molecule has 0 bridgehead atoms. The average Bonchev–Trinajstić information content (AvgIpc) is 2.42. The van der Waals surface area contributed by atoms with Gasteiger partial charge in [0.25, 0.3) is 0 Å². The maximum absolute atomic E-state index is 12.0. The normalized spacial score (nSPS) is 31.2. The van der Waals surface area contributed by atoms with Crippen LogP contribution in [0.25, 0.3) is 0 Å². The number of carbonyl (C=O) groups excluding carboxylic acids is 1. The van der Waals surface area contributed by atoms with E-state index in [9.17, 15) is 9.90 Å². The Labute approximate surface area is 129 Å². The number of carbonyl (C=O) groups is 1. The largest absolute Gasteiger partial charge is 0.465 e. The molecule has 4 atom stereocenters. The van der Waals surface area contributed by atoms with E-state index < -0.39 is 5.60 Å². The Morgan fingerprint density at radius 1 is 1.38 bits per heavy atom. The summed E-state index contributed by atoms with van der Waals surface area (Å²) < 4.78 is 5.14. The quantitative estimate of drug-likeness (QED) is 0.710. The Morgan fingerprint density at radius 2 is 2.05 bits per heavy atom. The lowest BCUT2D eigenvalue weighted by atomic mass is 9.68. The van der Waals surface area contributed by atoms with Gasteiger partial charge in [0, 0.05) is 6.54 Å².